The number of thiophene rings is 1. The van der Waals surface area contributed by atoms with Gasteiger partial charge in [-0.15, -0.1) is 11.3 Å². The minimum Gasteiger partial charge on any atom is -0.389 e. The van der Waals surface area contributed by atoms with Crippen LogP contribution in [0.5, 0.6) is 0 Å². The van der Waals surface area contributed by atoms with E-state index in [1.807, 2.05) is 17.5 Å². The molecule has 2 rings (SSSR count). The third kappa shape index (κ3) is 3.24. The Bertz CT molecular complexity index is 709. The van der Waals surface area contributed by atoms with Crippen LogP contribution in [0.15, 0.2) is 46.7 Å². The van der Waals surface area contributed by atoms with Crippen molar-refractivity contribution in [2.45, 2.75) is 11.4 Å². The Kier molecular flexibility index (Phi) is 4.54. The first-order valence-electron chi connectivity index (χ1n) is 5.80. The van der Waals surface area contributed by atoms with Gasteiger partial charge in [-0.1, -0.05) is 30.4 Å². The molecule has 0 aliphatic rings. The largest absolute Gasteiger partial charge is 0.389 e. The van der Waals surface area contributed by atoms with Crippen molar-refractivity contribution in [1.29, 1.82) is 0 Å². The van der Waals surface area contributed by atoms with Gasteiger partial charge in [-0.2, -0.15) is 4.31 Å². The van der Waals surface area contributed by atoms with Gasteiger partial charge in [0.2, 0.25) is 10.0 Å². The number of nitrogens with two attached hydrogens (primary N) is 1. The summed E-state index contributed by atoms with van der Waals surface area (Å²) >= 11 is 6.40. The highest BCUT2D eigenvalue weighted by molar-refractivity contribution is 7.89. The van der Waals surface area contributed by atoms with Gasteiger partial charge in [-0.3, -0.25) is 0 Å². The summed E-state index contributed by atoms with van der Waals surface area (Å²) in [5.41, 5.74) is 6.08. The van der Waals surface area contributed by atoms with Crippen molar-refractivity contribution in [3.63, 3.8) is 0 Å². The normalized spacial score (nSPS) is 11.7. The van der Waals surface area contributed by atoms with Gasteiger partial charge in [0, 0.05) is 24.0 Å². The lowest BCUT2D eigenvalue weighted by atomic mass is 10.2. The predicted molar refractivity (Wildman–Crippen MR) is 85.3 cm³/mol. The topological polar surface area (TPSA) is 63.4 Å². The molecule has 106 valence electrons. The number of hydrogen-bond acceptors (Lipinski definition) is 4. The lowest BCUT2D eigenvalue weighted by molar-refractivity contribution is 0.469. The molecular formula is C13H14N2O2S3. The van der Waals surface area contributed by atoms with Crippen LogP contribution >= 0.6 is 23.6 Å². The number of thiocarbonyl (C=S) groups is 1. The second-order valence-electron chi connectivity index (χ2n) is 4.23. The summed E-state index contributed by atoms with van der Waals surface area (Å²) in [6.07, 6.45) is 0. The summed E-state index contributed by atoms with van der Waals surface area (Å²) in [4.78, 5) is 1.37. The van der Waals surface area contributed by atoms with Crippen LogP contribution in [0.4, 0.5) is 0 Å². The number of sulfonamides is 1. The molecule has 4 nitrogen and oxygen atoms in total. The zero-order chi connectivity index (χ0) is 14.8. The van der Waals surface area contributed by atoms with Gasteiger partial charge in [-0.05, 0) is 23.6 Å². The van der Waals surface area contributed by atoms with Crippen molar-refractivity contribution in [3.05, 3.63) is 52.2 Å². The van der Waals surface area contributed by atoms with E-state index in [-0.39, 0.29) is 9.88 Å². The molecule has 0 saturated carbocycles. The lowest BCUT2D eigenvalue weighted by Crippen LogP contribution is -2.26. The second-order valence-corrected chi connectivity index (χ2v) is 7.75. The molecule has 2 N–H and O–H groups in total. The highest BCUT2D eigenvalue weighted by atomic mass is 32.2. The Hall–Kier alpha value is -1.28. The summed E-state index contributed by atoms with van der Waals surface area (Å²) in [5.74, 6) is 0. The summed E-state index contributed by atoms with van der Waals surface area (Å²) in [7, 11) is -1.99. The van der Waals surface area contributed by atoms with E-state index in [1.165, 1.54) is 21.7 Å². The van der Waals surface area contributed by atoms with Crippen LogP contribution in [0, 0.1) is 0 Å². The van der Waals surface area contributed by atoms with Crippen LogP contribution in [0.2, 0.25) is 0 Å². The van der Waals surface area contributed by atoms with E-state index in [2.05, 4.69) is 0 Å². The Labute approximate surface area is 127 Å². The fourth-order valence-electron chi connectivity index (χ4n) is 1.70. The van der Waals surface area contributed by atoms with E-state index < -0.39 is 10.0 Å². The number of benzene rings is 1. The highest BCUT2D eigenvalue weighted by Crippen LogP contribution is 2.19. The predicted octanol–water partition coefficient (Wildman–Crippen LogP) is 2.20. The molecule has 20 heavy (non-hydrogen) atoms. The summed E-state index contributed by atoms with van der Waals surface area (Å²) in [6, 6.07) is 10.2. The monoisotopic (exact) mass is 326 g/mol. The van der Waals surface area contributed by atoms with Crippen molar-refractivity contribution >= 4 is 38.6 Å². The first-order chi connectivity index (χ1) is 9.41. The maximum Gasteiger partial charge on any atom is 0.243 e. The van der Waals surface area contributed by atoms with E-state index in [1.54, 1.807) is 25.2 Å². The van der Waals surface area contributed by atoms with E-state index in [0.29, 0.717) is 12.1 Å². The molecule has 0 saturated heterocycles. The van der Waals surface area contributed by atoms with E-state index in [4.69, 9.17) is 18.0 Å². The SMILES string of the molecule is CN(Cc1cccs1)S(=O)(=O)c1cccc(C(N)=S)c1. The maximum absolute atomic E-state index is 12.5. The molecule has 0 spiro atoms. The summed E-state index contributed by atoms with van der Waals surface area (Å²) < 4.78 is 26.3. The van der Waals surface area contributed by atoms with Gasteiger partial charge >= 0.3 is 0 Å². The Morgan fingerprint density at radius 2 is 2.10 bits per heavy atom. The van der Waals surface area contributed by atoms with Crippen molar-refractivity contribution in [3.8, 4) is 0 Å². The van der Waals surface area contributed by atoms with Crippen LogP contribution in [-0.4, -0.2) is 24.8 Å². The highest BCUT2D eigenvalue weighted by Gasteiger charge is 2.21. The van der Waals surface area contributed by atoms with E-state index >= 15 is 0 Å². The smallest absolute Gasteiger partial charge is 0.243 e. The molecule has 0 bridgehead atoms. The van der Waals surface area contributed by atoms with Crippen molar-refractivity contribution in [2.24, 2.45) is 5.73 Å². The molecule has 1 heterocycles. The molecule has 0 radical (unpaired) electrons. The molecule has 0 aliphatic carbocycles. The van der Waals surface area contributed by atoms with Gasteiger partial charge in [0.1, 0.15) is 4.99 Å². The van der Waals surface area contributed by atoms with E-state index in [0.717, 1.165) is 4.88 Å². The van der Waals surface area contributed by atoms with Gasteiger partial charge in [-0.25, -0.2) is 8.42 Å². The summed E-state index contributed by atoms with van der Waals surface area (Å²) in [6.45, 7) is 0.345. The lowest BCUT2D eigenvalue weighted by Gasteiger charge is -2.16. The average Bonchev–Trinajstić information content (AvgIpc) is 2.91. The van der Waals surface area contributed by atoms with Crippen LogP contribution in [0.3, 0.4) is 0 Å². The number of hydrogen-bond donors (Lipinski definition) is 1. The molecule has 1 aromatic carbocycles. The fraction of sp³-hybridized carbons (Fsp3) is 0.154. The molecule has 0 aliphatic heterocycles. The molecule has 0 fully saturated rings. The summed E-state index contributed by atoms with van der Waals surface area (Å²) in [5, 5.41) is 1.92. The molecule has 2 aromatic rings. The third-order valence-electron chi connectivity index (χ3n) is 2.79. The number of rotatable bonds is 5. The van der Waals surface area contributed by atoms with E-state index in [9.17, 15) is 8.42 Å². The standard InChI is InChI=1S/C13H14N2O2S3/c1-15(9-11-5-3-7-19-11)20(16,17)12-6-2-4-10(8-12)13(14)18/h2-8H,9H2,1H3,(H2,14,18). The van der Waals surface area contributed by atoms with Gasteiger partial charge in [0.05, 0.1) is 4.90 Å². The van der Waals surface area contributed by atoms with Crippen LogP contribution in [-0.2, 0) is 16.6 Å². The van der Waals surface area contributed by atoms with Crippen molar-refractivity contribution < 1.29 is 8.42 Å². The zero-order valence-corrected chi connectivity index (χ0v) is 13.3. The molecule has 7 heteroatoms. The molecular weight excluding hydrogens is 312 g/mol. The second kappa shape index (κ2) is 6.01. The molecule has 0 atom stereocenters. The Morgan fingerprint density at radius 1 is 1.35 bits per heavy atom. The number of nitrogens with zero attached hydrogens (tertiary/aromatic N) is 1. The van der Waals surface area contributed by atoms with Gasteiger partial charge in [0.15, 0.2) is 0 Å². The Balaban J connectivity index is 2.29. The first-order valence-corrected chi connectivity index (χ1v) is 8.52. The van der Waals surface area contributed by atoms with Crippen molar-refractivity contribution in [1.82, 2.24) is 4.31 Å². The molecule has 1 aromatic heterocycles. The maximum atomic E-state index is 12.5. The quantitative estimate of drug-likeness (QED) is 0.856. The minimum absolute atomic E-state index is 0.183. The molecule has 0 amide bonds. The molecule has 0 unspecified atom stereocenters. The zero-order valence-electron chi connectivity index (χ0n) is 10.8. The minimum atomic E-state index is -3.55. The Morgan fingerprint density at radius 3 is 2.70 bits per heavy atom. The van der Waals surface area contributed by atoms with Crippen LogP contribution in [0.25, 0.3) is 0 Å². The van der Waals surface area contributed by atoms with Gasteiger partial charge in [0.25, 0.3) is 0 Å². The van der Waals surface area contributed by atoms with Gasteiger partial charge < -0.3 is 5.73 Å². The third-order valence-corrected chi connectivity index (χ3v) is 5.68. The van der Waals surface area contributed by atoms with Crippen LogP contribution in [0.1, 0.15) is 10.4 Å². The average molecular weight is 326 g/mol. The first kappa shape index (κ1) is 15.1. The fourth-order valence-corrected chi connectivity index (χ4v) is 3.86. The van der Waals surface area contributed by atoms with Crippen LogP contribution < -0.4 is 5.73 Å². The van der Waals surface area contributed by atoms with Crippen molar-refractivity contribution in [2.75, 3.05) is 7.05 Å².